The molecule has 9 nitrogen and oxygen atoms in total. The maximum atomic E-state index is 12.9. The molecule has 0 N–H and O–H groups in total. The molecule has 0 bridgehead atoms. The zero-order valence-corrected chi connectivity index (χ0v) is 30.9. The normalized spacial score (nSPS) is 22.0. The molecule has 0 saturated carbocycles. The highest BCUT2D eigenvalue weighted by molar-refractivity contribution is 6.23. The molecule has 9 heteroatoms. The van der Waals surface area contributed by atoms with Gasteiger partial charge in [-0.2, -0.15) is 0 Å². The van der Waals surface area contributed by atoms with Crippen molar-refractivity contribution in [3.05, 3.63) is 83.1 Å². The highest BCUT2D eigenvalue weighted by Crippen LogP contribution is 2.38. The van der Waals surface area contributed by atoms with E-state index in [2.05, 4.69) is 6.58 Å². The number of allylic oxidation sites excluding steroid dienone is 1. The number of benzene rings is 2. The molecule has 6 rings (SSSR count). The summed E-state index contributed by atoms with van der Waals surface area (Å²) in [6.07, 6.45) is 2.44. The Hall–Kier alpha value is -4.40. The summed E-state index contributed by atoms with van der Waals surface area (Å²) in [5.74, 6) is -1.96. The molecular formula is C40H53N3O6. The molecule has 0 aromatic heterocycles. The molecule has 0 spiro atoms. The number of nitrogens with zero attached hydrogens (tertiary/aromatic N) is 3. The third kappa shape index (κ3) is 7.61. The smallest absolute Gasteiger partial charge is 0.262 e. The summed E-state index contributed by atoms with van der Waals surface area (Å²) < 4.78 is 0. The van der Waals surface area contributed by atoms with E-state index in [1.54, 1.807) is 29.2 Å². The zero-order chi connectivity index (χ0) is 37.0. The van der Waals surface area contributed by atoms with E-state index in [4.69, 9.17) is 0 Å². The van der Waals surface area contributed by atoms with E-state index in [0.717, 1.165) is 21.7 Å². The molecule has 264 valence electrons. The molecule has 3 aliphatic heterocycles. The molecule has 4 aliphatic rings. The van der Waals surface area contributed by atoms with E-state index in [1.807, 2.05) is 93.5 Å². The largest absolute Gasteiger partial charge is 0.310 e. The van der Waals surface area contributed by atoms with Crippen LogP contribution in [0.25, 0.3) is 0 Å². The summed E-state index contributed by atoms with van der Waals surface area (Å²) in [4.78, 5) is 79.8. The van der Waals surface area contributed by atoms with Crippen molar-refractivity contribution in [1.29, 1.82) is 0 Å². The van der Waals surface area contributed by atoms with Crippen molar-refractivity contribution < 1.29 is 28.8 Å². The Morgan fingerprint density at radius 1 is 0.612 bits per heavy atom. The molecule has 3 atom stereocenters. The third-order valence-electron chi connectivity index (χ3n) is 9.01. The molecule has 2 aromatic rings. The maximum absolute atomic E-state index is 12.9. The lowest BCUT2D eigenvalue weighted by Gasteiger charge is -2.44. The SMILES string of the molecule is C=C1CCC(N2C(=O)c3ccccc3C2=O)C(=O)N1C(C)(C)C.CC.CC.CC(C)(C)N1C(=O)CCC(C2Cc3ccccc3C2=O)C1=O. The fourth-order valence-electron chi connectivity index (χ4n) is 7.05. The van der Waals surface area contributed by atoms with Gasteiger partial charge in [-0.25, -0.2) is 0 Å². The van der Waals surface area contributed by atoms with Crippen molar-refractivity contribution in [3.8, 4) is 0 Å². The first-order valence-electron chi connectivity index (χ1n) is 17.5. The summed E-state index contributed by atoms with van der Waals surface area (Å²) in [6.45, 7) is 23.3. The number of piperidine rings is 2. The van der Waals surface area contributed by atoms with Crippen LogP contribution < -0.4 is 0 Å². The Labute approximate surface area is 291 Å². The fraction of sp³-hybridized carbons (Fsp3) is 0.500. The second-order valence-electron chi connectivity index (χ2n) is 14.2. The van der Waals surface area contributed by atoms with Gasteiger partial charge in [-0.3, -0.25) is 38.6 Å². The number of hydrogen-bond donors (Lipinski definition) is 0. The maximum Gasteiger partial charge on any atom is 0.262 e. The van der Waals surface area contributed by atoms with Crippen LogP contribution in [-0.2, 0) is 20.8 Å². The molecule has 49 heavy (non-hydrogen) atoms. The zero-order valence-electron chi connectivity index (χ0n) is 30.9. The minimum atomic E-state index is -0.757. The van der Waals surface area contributed by atoms with Crippen molar-refractivity contribution in [3.63, 3.8) is 0 Å². The van der Waals surface area contributed by atoms with E-state index in [1.165, 1.54) is 4.90 Å². The van der Waals surface area contributed by atoms with Crippen molar-refractivity contribution in [2.24, 2.45) is 11.8 Å². The molecule has 3 heterocycles. The van der Waals surface area contributed by atoms with Gasteiger partial charge in [-0.05, 0) is 84.9 Å². The Morgan fingerprint density at radius 2 is 1.10 bits per heavy atom. The van der Waals surface area contributed by atoms with Gasteiger partial charge < -0.3 is 4.90 Å². The van der Waals surface area contributed by atoms with Crippen LogP contribution in [0.15, 0.2) is 60.8 Å². The van der Waals surface area contributed by atoms with Crippen molar-refractivity contribution in [2.75, 3.05) is 0 Å². The number of fused-ring (bicyclic) bond motifs is 2. The lowest BCUT2D eigenvalue weighted by atomic mass is 9.80. The molecule has 3 unspecified atom stereocenters. The van der Waals surface area contributed by atoms with Gasteiger partial charge in [-0.15, -0.1) is 0 Å². The molecule has 2 fully saturated rings. The van der Waals surface area contributed by atoms with Crippen LogP contribution in [0.2, 0.25) is 0 Å². The number of hydrogen-bond acceptors (Lipinski definition) is 6. The van der Waals surface area contributed by atoms with E-state index in [9.17, 15) is 28.8 Å². The number of amides is 5. The Bertz CT molecular complexity index is 1590. The van der Waals surface area contributed by atoms with Gasteiger partial charge in [-0.1, -0.05) is 70.7 Å². The number of Topliss-reactive ketones (excluding diaryl/α,β-unsaturated/α-hetero) is 1. The predicted octanol–water partition coefficient (Wildman–Crippen LogP) is 7.24. The van der Waals surface area contributed by atoms with E-state index < -0.39 is 17.1 Å². The summed E-state index contributed by atoms with van der Waals surface area (Å²) >= 11 is 0. The van der Waals surface area contributed by atoms with Gasteiger partial charge in [0.15, 0.2) is 5.78 Å². The Morgan fingerprint density at radius 3 is 1.59 bits per heavy atom. The van der Waals surface area contributed by atoms with Crippen LogP contribution in [0.3, 0.4) is 0 Å². The van der Waals surface area contributed by atoms with Crippen LogP contribution in [-0.4, -0.2) is 67.1 Å². The highest BCUT2D eigenvalue weighted by Gasteiger charge is 2.49. The Balaban J connectivity index is 0.000000241. The van der Waals surface area contributed by atoms with Crippen LogP contribution in [0.1, 0.15) is 132 Å². The van der Waals surface area contributed by atoms with Gasteiger partial charge in [0.25, 0.3) is 17.7 Å². The first-order valence-corrected chi connectivity index (χ1v) is 17.5. The lowest BCUT2D eigenvalue weighted by molar-refractivity contribution is -0.158. The summed E-state index contributed by atoms with van der Waals surface area (Å²) in [5, 5.41) is 0. The van der Waals surface area contributed by atoms with Crippen molar-refractivity contribution in [2.45, 2.75) is 118 Å². The molecular weight excluding hydrogens is 618 g/mol. The quantitative estimate of drug-likeness (QED) is 0.311. The van der Waals surface area contributed by atoms with Crippen LogP contribution >= 0.6 is 0 Å². The van der Waals surface area contributed by atoms with Crippen LogP contribution in [0.4, 0.5) is 0 Å². The number of likely N-dealkylation sites (tertiary alicyclic amines) is 2. The first kappa shape index (κ1) is 39.0. The van der Waals surface area contributed by atoms with Gasteiger partial charge in [0, 0.05) is 40.6 Å². The lowest BCUT2D eigenvalue weighted by Crippen LogP contribution is -2.57. The molecule has 2 saturated heterocycles. The molecule has 0 radical (unpaired) electrons. The standard InChI is InChI=1S/C18H20N2O3.C18H21NO3.2C2H6/c1-11-9-10-14(17(23)20(11)18(2,3)4)19-15(21)12-7-5-6-8-13(12)16(19)22;1-18(2,3)19-15(20)9-8-13(17(19)22)14-10-11-6-4-5-7-12(11)16(14)21;2*1-2/h5-8,14H,1,9-10H2,2-4H3;4-7,13-14H,8-10H2,1-3H3;2*1-2H3. The minimum absolute atomic E-state index is 0.0529. The second kappa shape index (κ2) is 15.4. The first-order chi connectivity index (χ1) is 23.0. The number of carbonyl (C=O) groups excluding carboxylic acids is 6. The molecule has 1 aliphatic carbocycles. The monoisotopic (exact) mass is 671 g/mol. The topological polar surface area (TPSA) is 112 Å². The number of rotatable bonds is 2. The minimum Gasteiger partial charge on any atom is -0.310 e. The second-order valence-corrected chi connectivity index (χ2v) is 14.2. The number of carbonyl (C=O) groups is 6. The summed E-state index contributed by atoms with van der Waals surface area (Å²) in [6, 6.07) is 13.5. The number of imide groups is 2. The van der Waals surface area contributed by atoms with Crippen LogP contribution in [0.5, 0.6) is 0 Å². The summed E-state index contributed by atoms with van der Waals surface area (Å²) in [7, 11) is 0. The van der Waals surface area contributed by atoms with Gasteiger partial charge >= 0.3 is 0 Å². The van der Waals surface area contributed by atoms with Gasteiger partial charge in [0.2, 0.25) is 11.8 Å². The number of ketones is 1. The average molecular weight is 672 g/mol. The van der Waals surface area contributed by atoms with E-state index in [0.29, 0.717) is 43.2 Å². The van der Waals surface area contributed by atoms with E-state index in [-0.39, 0.29) is 47.2 Å². The Kier molecular flexibility index (Phi) is 12.3. The third-order valence-corrected chi connectivity index (χ3v) is 9.01. The highest BCUT2D eigenvalue weighted by atomic mass is 16.2. The van der Waals surface area contributed by atoms with Gasteiger partial charge in [0.1, 0.15) is 6.04 Å². The fourth-order valence-corrected chi connectivity index (χ4v) is 7.05. The molecule has 5 amide bonds. The summed E-state index contributed by atoms with van der Waals surface area (Å²) in [5.41, 5.74) is 2.25. The average Bonchev–Trinajstić information content (AvgIpc) is 3.51. The van der Waals surface area contributed by atoms with Crippen molar-refractivity contribution in [1.82, 2.24) is 14.7 Å². The molecule has 2 aromatic carbocycles. The van der Waals surface area contributed by atoms with Crippen molar-refractivity contribution >= 4 is 35.3 Å². The predicted molar refractivity (Wildman–Crippen MR) is 191 cm³/mol. The van der Waals surface area contributed by atoms with E-state index >= 15 is 0 Å². The van der Waals surface area contributed by atoms with Crippen LogP contribution in [0, 0.1) is 11.8 Å². The van der Waals surface area contributed by atoms with Gasteiger partial charge in [0.05, 0.1) is 11.1 Å².